The van der Waals surface area contributed by atoms with E-state index in [4.69, 9.17) is 10.5 Å². The Morgan fingerprint density at radius 3 is 2.74 bits per heavy atom. The highest BCUT2D eigenvalue weighted by atomic mass is 19.1. The standard InChI is InChI=1S/C15H23FN2O/c1-11(13-3-4-13)18(5-6-19-2)10-12-7-14(16)9-15(17)8-12/h7-9,11,13H,3-6,10,17H2,1-2H3. The number of anilines is 1. The van der Waals surface area contributed by atoms with Gasteiger partial charge in [-0.3, -0.25) is 4.90 Å². The van der Waals surface area contributed by atoms with E-state index in [0.29, 0.717) is 18.3 Å². The van der Waals surface area contributed by atoms with Gasteiger partial charge in [0, 0.05) is 31.9 Å². The fraction of sp³-hybridized carbons (Fsp3) is 0.600. The lowest BCUT2D eigenvalue weighted by atomic mass is 10.1. The molecule has 1 unspecified atom stereocenters. The summed E-state index contributed by atoms with van der Waals surface area (Å²) in [6.45, 7) is 4.53. The highest BCUT2D eigenvalue weighted by molar-refractivity contribution is 5.41. The van der Waals surface area contributed by atoms with Crippen molar-refractivity contribution < 1.29 is 9.13 Å². The van der Waals surface area contributed by atoms with Crippen molar-refractivity contribution in [1.82, 2.24) is 4.90 Å². The molecule has 0 amide bonds. The number of hydrogen-bond acceptors (Lipinski definition) is 3. The summed E-state index contributed by atoms with van der Waals surface area (Å²) in [7, 11) is 1.71. The van der Waals surface area contributed by atoms with Crippen molar-refractivity contribution >= 4 is 5.69 Å². The van der Waals surface area contributed by atoms with E-state index in [1.165, 1.54) is 18.9 Å². The van der Waals surface area contributed by atoms with Crippen LogP contribution in [0.4, 0.5) is 10.1 Å². The molecule has 1 aliphatic carbocycles. The van der Waals surface area contributed by atoms with Crippen LogP contribution in [0.2, 0.25) is 0 Å². The first-order valence-electron chi connectivity index (χ1n) is 6.88. The third-order valence-corrected chi connectivity index (χ3v) is 3.83. The summed E-state index contributed by atoms with van der Waals surface area (Å²) in [4.78, 5) is 2.36. The van der Waals surface area contributed by atoms with Gasteiger partial charge in [-0.05, 0) is 49.4 Å². The highest BCUT2D eigenvalue weighted by Gasteiger charge is 2.31. The van der Waals surface area contributed by atoms with Gasteiger partial charge in [-0.25, -0.2) is 4.39 Å². The molecule has 106 valence electrons. The molecule has 1 aliphatic rings. The molecule has 0 bridgehead atoms. The smallest absolute Gasteiger partial charge is 0.125 e. The second-order valence-electron chi connectivity index (χ2n) is 5.43. The molecule has 19 heavy (non-hydrogen) atoms. The number of halogens is 1. The zero-order valence-corrected chi connectivity index (χ0v) is 11.7. The van der Waals surface area contributed by atoms with Crippen LogP contribution >= 0.6 is 0 Å². The molecule has 1 aromatic rings. The summed E-state index contributed by atoms with van der Waals surface area (Å²) in [6.07, 6.45) is 2.60. The number of rotatable bonds is 7. The minimum Gasteiger partial charge on any atom is -0.399 e. The van der Waals surface area contributed by atoms with E-state index in [-0.39, 0.29) is 5.82 Å². The van der Waals surface area contributed by atoms with E-state index in [2.05, 4.69) is 11.8 Å². The molecule has 0 spiro atoms. The predicted molar refractivity (Wildman–Crippen MR) is 75.3 cm³/mol. The zero-order chi connectivity index (χ0) is 13.8. The van der Waals surface area contributed by atoms with Gasteiger partial charge in [0.2, 0.25) is 0 Å². The first-order valence-corrected chi connectivity index (χ1v) is 6.88. The first kappa shape index (κ1) is 14.3. The van der Waals surface area contributed by atoms with Gasteiger partial charge in [0.25, 0.3) is 0 Å². The SMILES string of the molecule is COCCN(Cc1cc(N)cc(F)c1)C(C)C1CC1. The molecule has 0 radical (unpaired) electrons. The minimum atomic E-state index is -0.263. The third-order valence-electron chi connectivity index (χ3n) is 3.83. The van der Waals surface area contributed by atoms with Crippen molar-refractivity contribution in [2.75, 3.05) is 26.0 Å². The van der Waals surface area contributed by atoms with Crippen LogP contribution in [0.5, 0.6) is 0 Å². The second-order valence-corrected chi connectivity index (χ2v) is 5.43. The van der Waals surface area contributed by atoms with Crippen LogP contribution in [0, 0.1) is 11.7 Å². The molecule has 0 aliphatic heterocycles. The van der Waals surface area contributed by atoms with Crippen molar-refractivity contribution in [3.8, 4) is 0 Å². The van der Waals surface area contributed by atoms with E-state index in [0.717, 1.165) is 24.6 Å². The molecule has 4 heteroatoms. The van der Waals surface area contributed by atoms with Crippen LogP contribution in [0.1, 0.15) is 25.3 Å². The largest absolute Gasteiger partial charge is 0.399 e. The third kappa shape index (κ3) is 4.18. The monoisotopic (exact) mass is 266 g/mol. The Kier molecular flexibility index (Phi) is 4.77. The van der Waals surface area contributed by atoms with Gasteiger partial charge in [0.1, 0.15) is 5.82 Å². The summed E-state index contributed by atoms with van der Waals surface area (Å²) >= 11 is 0. The van der Waals surface area contributed by atoms with Crippen LogP contribution in [0.3, 0.4) is 0 Å². The van der Waals surface area contributed by atoms with Crippen molar-refractivity contribution in [3.05, 3.63) is 29.6 Å². The minimum absolute atomic E-state index is 0.263. The molecule has 1 fully saturated rings. The number of nitrogens with two attached hydrogens (primary N) is 1. The molecule has 0 aromatic heterocycles. The Labute approximate surface area is 114 Å². The topological polar surface area (TPSA) is 38.5 Å². The summed E-state index contributed by atoms with van der Waals surface area (Å²) in [5.74, 6) is 0.517. The van der Waals surface area contributed by atoms with Gasteiger partial charge >= 0.3 is 0 Å². The van der Waals surface area contributed by atoms with E-state index in [1.54, 1.807) is 13.2 Å². The number of benzene rings is 1. The molecule has 2 N–H and O–H groups in total. The van der Waals surface area contributed by atoms with Crippen molar-refractivity contribution in [2.45, 2.75) is 32.4 Å². The molecule has 2 rings (SSSR count). The Hall–Kier alpha value is -1.13. The quantitative estimate of drug-likeness (QED) is 0.771. The summed E-state index contributed by atoms with van der Waals surface area (Å²) in [6, 6.07) is 5.28. The Morgan fingerprint density at radius 1 is 1.42 bits per heavy atom. The lowest BCUT2D eigenvalue weighted by Crippen LogP contribution is -2.36. The number of methoxy groups -OCH3 is 1. The number of nitrogens with zero attached hydrogens (tertiary/aromatic N) is 1. The average Bonchev–Trinajstić information content (AvgIpc) is 3.16. The Balaban J connectivity index is 2.04. The fourth-order valence-electron chi connectivity index (χ4n) is 2.51. The highest BCUT2D eigenvalue weighted by Crippen LogP contribution is 2.35. The molecular weight excluding hydrogens is 243 g/mol. The second kappa shape index (κ2) is 6.35. The lowest BCUT2D eigenvalue weighted by Gasteiger charge is -2.29. The predicted octanol–water partition coefficient (Wildman–Crippen LogP) is 2.65. The zero-order valence-electron chi connectivity index (χ0n) is 11.7. The maximum absolute atomic E-state index is 13.4. The number of ether oxygens (including phenoxy) is 1. The fourth-order valence-corrected chi connectivity index (χ4v) is 2.51. The number of nitrogen functional groups attached to an aromatic ring is 1. The Morgan fingerprint density at radius 2 is 2.16 bits per heavy atom. The van der Waals surface area contributed by atoms with Gasteiger partial charge < -0.3 is 10.5 Å². The van der Waals surface area contributed by atoms with Crippen LogP contribution in [-0.4, -0.2) is 31.2 Å². The Bertz CT molecular complexity index is 400. The van der Waals surface area contributed by atoms with Crippen LogP contribution in [0.15, 0.2) is 18.2 Å². The molecule has 1 aromatic carbocycles. The van der Waals surface area contributed by atoms with Crippen LogP contribution < -0.4 is 5.73 Å². The summed E-state index contributed by atoms with van der Waals surface area (Å²) < 4.78 is 18.5. The molecule has 3 nitrogen and oxygen atoms in total. The molecule has 1 atom stereocenters. The normalized spacial score (nSPS) is 16.8. The van der Waals surface area contributed by atoms with Gasteiger partial charge in [-0.2, -0.15) is 0 Å². The first-order chi connectivity index (χ1) is 9.10. The molecular formula is C15H23FN2O. The maximum Gasteiger partial charge on any atom is 0.125 e. The van der Waals surface area contributed by atoms with Crippen LogP contribution in [-0.2, 0) is 11.3 Å². The summed E-state index contributed by atoms with van der Waals surface area (Å²) in [5, 5.41) is 0. The van der Waals surface area contributed by atoms with E-state index < -0.39 is 0 Å². The van der Waals surface area contributed by atoms with Gasteiger partial charge in [-0.1, -0.05) is 0 Å². The summed E-state index contributed by atoms with van der Waals surface area (Å²) in [5.41, 5.74) is 7.12. The molecule has 0 saturated heterocycles. The van der Waals surface area contributed by atoms with E-state index in [9.17, 15) is 4.39 Å². The van der Waals surface area contributed by atoms with E-state index in [1.807, 2.05) is 6.07 Å². The number of hydrogen-bond donors (Lipinski definition) is 1. The van der Waals surface area contributed by atoms with Crippen molar-refractivity contribution in [1.29, 1.82) is 0 Å². The average molecular weight is 266 g/mol. The maximum atomic E-state index is 13.4. The van der Waals surface area contributed by atoms with E-state index >= 15 is 0 Å². The van der Waals surface area contributed by atoms with Gasteiger partial charge in [0.05, 0.1) is 6.61 Å². The van der Waals surface area contributed by atoms with Crippen molar-refractivity contribution in [3.63, 3.8) is 0 Å². The molecule has 0 heterocycles. The molecule has 1 saturated carbocycles. The van der Waals surface area contributed by atoms with Crippen molar-refractivity contribution in [2.24, 2.45) is 5.92 Å². The lowest BCUT2D eigenvalue weighted by molar-refractivity contribution is 0.111. The van der Waals surface area contributed by atoms with Gasteiger partial charge in [-0.15, -0.1) is 0 Å². The van der Waals surface area contributed by atoms with Crippen LogP contribution in [0.25, 0.3) is 0 Å². The van der Waals surface area contributed by atoms with Gasteiger partial charge in [0.15, 0.2) is 0 Å².